The number of halogens is 2. The lowest BCUT2D eigenvalue weighted by atomic mass is 10.2. The lowest BCUT2D eigenvalue weighted by Gasteiger charge is -2.07. The van der Waals surface area contributed by atoms with Crippen molar-refractivity contribution in [1.29, 1.82) is 0 Å². The molecule has 2 N–H and O–H groups in total. The van der Waals surface area contributed by atoms with Crippen LogP contribution in [0.15, 0.2) is 41.1 Å². The van der Waals surface area contributed by atoms with Gasteiger partial charge in [-0.2, -0.15) is 0 Å². The number of carboxylic acid groups (broad SMARTS) is 1. The first-order valence-electron chi connectivity index (χ1n) is 5.42. The maximum atomic E-state index is 13.1. The van der Waals surface area contributed by atoms with Crippen LogP contribution in [-0.2, 0) is 0 Å². The fraction of sp³-hybridized carbons (Fsp3) is 0. The number of nitrogens with one attached hydrogen (secondary N) is 1. The number of hydrogen-bond donors (Lipinski definition) is 2. The number of pyridine rings is 1. The summed E-state index contributed by atoms with van der Waals surface area (Å²) in [7, 11) is 0. The summed E-state index contributed by atoms with van der Waals surface area (Å²) >= 11 is 3.14. The Morgan fingerprint density at radius 1 is 1.25 bits per heavy atom. The Morgan fingerprint density at radius 2 is 2.00 bits per heavy atom. The van der Waals surface area contributed by atoms with Crippen molar-refractivity contribution in [3.63, 3.8) is 0 Å². The van der Waals surface area contributed by atoms with Gasteiger partial charge in [-0.05, 0) is 40.2 Å². The number of carboxylic acids is 1. The molecule has 102 valence electrons. The van der Waals surface area contributed by atoms with Gasteiger partial charge >= 0.3 is 5.97 Å². The molecular weight excluding hydrogens is 331 g/mol. The van der Waals surface area contributed by atoms with Crippen molar-refractivity contribution >= 4 is 33.5 Å². The summed E-state index contributed by atoms with van der Waals surface area (Å²) in [6.45, 7) is 0. The molecule has 0 unspecified atom stereocenters. The van der Waals surface area contributed by atoms with Gasteiger partial charge in [0.15, 0.2) is 0 Å². The maximum absolute atomic E-state index is 13.1. The van der Waals surface area contributed by atoms with Crippen molar-refractivity contribution in [2.75, 3.05) is 5.32 Å². The van der Waals surface area contributed by atoms with Crippen LogP contribution in [0, 0.1) is 5.82 Å². The van der Waals surface area contributed by atoms with Crippen LogP contribution < -0.4 is 5.32 Å². The highest BCUT2D eigenvalue weighted by Crippen LogP contribution is 2.19. The van der Waals surface area contributed by atoms with Crippen LogP contribution in [0.25, 0.3) is 0 Å². The average molecular weight is 339 g/mol. The summed E-state index contributed by atoms with van der Waals surface area (Å²) in [5.41, 5.74) is 0.262. The second-order valence-electron chi connectivity index (χ2n) is 3.85. The van der Waals surface area contributed by atoms with Gasteiger partial charge in [-0.3, -0.25) is 9.78 Å². The molecule has 0 fully saturated rings. The van der Waals surface area contributed by atoms with Gasteiger partial charge in [0.25, 0.3) is 5.91 Å². The molecule has 7 heteroatoms. The monoisotopic (exact) mass is 338 g/mol. The maximum Gasteiger partial charge on any atom is 0.337 e. The summed E-state index contributed by atoms with van der Waals surface area (Å²) in [5, 5.41) is 11.3. The van der Waals surface area contributed by atoms with E-state index in [9.17, 15) is 14.0 Å². The minimum atomic E-state index is -1.15. The average Bonchev–Trinajstić information content (AvgIpc) is 2.41. The van der Waals surface area contributed by atoms with E-state index in [0.717, 1.165) is 12.3 Å². The first kappa shape index (κ1) is 14.1. The molecule has 0 aliphatic heterocycles. The number of amides is 1. The van der Waals surface area contributed by atoms with Gasteiger partial charge in [0.1, 0.15) is 5.82 Å². The van der Waals surface area contributed by atoms with Gasteiger partial charge in [-0.15, -0.1) is 0 Å². The molecule has 1 amide bonds. The molecule has 20 heavy (non-hydrogen) atoms. The summed E-state index contributed by atoms with van der Waals surface area (Å²) in [6, 6.07) is 4.97. The highest BCUT2D eigenvalue weighted by atomic mass is 79.9. The Kier molecular flexibility index (Phi) is 4.09. The number of carbonyl (C=O) groups excluding carboxylic acids is 1. The third kappa shape index (κ3) is 3.18. The molecule has 1 heterocycles. The largest absolute Gasteiger partial charge is 0.478 e. The Hall–Kier alpha value is -2.28. The predicted molar refractivity (Wildman–Crippen MR) is 73.2 cm³/mol. The molecule has 5 nitrogen and oxygen atoms in total. The number of carbonyl (C=O) groups is 2. The molecule has 2 aromatic rings. The van der Waals surface area contributed by atoms with Crippen molar-refractivity contribution in [3.8, 4) is 0 Å². The van der Waals surface area contributed by atoms with Crippen LogP contribution in [0.1, 0.15) is 20.7 Å². The highest BCUT2D eigenvalue weighted by molar-refractivity contribution is 9.10. The van der Waals surface area contributed by atoms with Crippen LogP contribution in [0.3, 0.4) is 0 Å². The quantitative estimate of drug-likeness (QED) is 0.901. The number of aromatic carboxylic acids is 1. The lowest BCUT2D eigenvalue weighted by molar-refractivity contribution is 0.0696. The molecule has 0 spiro atoms. The SMILES string of the molecule is O=C(O)c1cncc(NC(=O)c2cc(F)ccc2Br)c1. The van der Waals surface area contributed by atoms with E-state index >= 15 is 0 Å². The van der Waals surface area contributed by atoms with Crippen molar-refractivity contribution in [1.82, 2.24) is 4.98 Å². The van der Waals surface area contributed by atoms with Gasteiger partial charge in [-0.1, -0.05) is 0 Å². The fourth-order valence-electron chi connectivity index (χ4n) is 1.50. The molecular formula is C13H8BrFN2O3. The molecule has 0 saturated carbocycles. The Labute approximate surface area is 121 Å². The van der Waals surface area contributed by atoms with Gasteiger partial charge in [-0.25, -0.2) is 9.18 Å². The molecule has 0 saturated heterocycles. The first-order valence-corrected chi connectivity index (χ1v) is 6.21. The van der Waals surface area contributed by atoms with Crippen LogP contribution in [0.2, 0.25) is 0 Å². The van der Waals surface area contributed by atoms with E-state index in [-0.39, 0.29) is 16.8 Å². The summed E-state index contributed by atoms with van der Waals surface area (Å²) in [4.78, 5) is 26.5. The van der Waals surface area contributed by atoms with Gasteiger partial charge in [0, 0.05) is 10.7 Å². The molecule has 1 aromatic heterocycles. The number of rotatable bonds is 3. The topological polar surface area (TPSA) is 79.3 Å². The van der Waals surface area contributed by atoms with Crippen molar-refractivity contribution in [2.45, 2.75) is 0 Å². The molecule has 1 aromatic carbocycles. The molecule has 0 atom stereocenters. The third-order valence-corrected chi connectivity index (χ3v) is 3.11. The Bertz CT molecular complexity index is 691. The third-order valence-electron chi connectivity index (χ3n) is 2.42. The van der Waals surface area contributed by atoms with E-state index in [0.29, 0.717) is 4.47 Å². The van der Waals surface area contributed by atoms with Crippen LogP contribution >= 0.6 is 15.9 Å². The van der Waals surface area contributed by atoms with Gasteiger partial charge < -0.3 is 10.4 Å². The van der Waals surface area contributed by atoms with E-state index in [2.05, 4.69) is 26.2 Å². The highest BCUT2D eigenvalue weighted by Gasteiger charge is 2.12. The van der Waals surface area contributed by atoms with Crippen LogP contribution in [0.4, 0.5) is 10.1 Å². The number of benzene rings is 1. The predicted octanol–water partition coefficient (Wildman–Crippen LogP) is 2.93. The Balaban J connectivity index is 2.25. The number of hydrogen-bond acceptors (Lipinski definition) is 3. The standard InChI is InChI=1S/C13H8BrFN2O3/c14-11-2-1-8(15)4-10(11)12(18)17-9-3-7(13(19)20)5-16-6-9/h1-6H,(H,17,18)(H,19,20). The van der Waals surface area contributed by atoms with Crippen molar-refractivity contribution < 1.29 is 19.1 Å². The molecule has 0 radical (unpaired) electrons. The molecule has 2 rings (SSSR count). The zero-order chi connectivity index (χ0) is 14.7. The number of aromatic nitrogens is 1. The Morgan fingerprint density at radius 3 is 2.70 bits per heavy atom. The van der Waals surface area contributed by atoms with E-state index < -0.39 is 17.7 Å². The second-order valence-corrected chi connectivity index (χ2v) is 4.70. The van der Waals surface area contributed by atoms with Gasteiger partial charge in [0.05, 0.1) is 23.0 Å². The van der Waals surface area contributed by atoms with E-state index in [1.165, 1.54) is 24.4 Å². The van der Waals surface area contributed by atoms with Crippen LogP contribution in [0.5, 0.6) is 0 Å². The minimum absolute atomic E-state index is 0.0545. The van der Waals surface area contributed by atoms with E-state index in [1.807, 2.05) is 0 Å². The molecule has 0 aliphatic rings. The zero-order valence-electron chi connectivity index (χ0n) is 9.93. The molecule has 0 aliphatic carbocycles. The first-order chi connectivity index (χ1) is 9.47. The second kappa shape index (κ2) is 5.79. The van der Waals surface area contributed by atoms with E-state index in [1.54, 1.807) is 0 Å². The smallest absolute Gasteiger partial charge is 0.337 e. The summed E-state index contributed by atoms with van der Waals surface area (Å²) in [6.07, 6.45) is 2.47. The summed E-state index contributed by atoms with van der Waals surface area (Å²) in [5.74, 6) is -2.27. The van der Waals surface area contributed by atoms with Crippen LogP contribution in [-0.4, -0.2) is 22.0 Å². The van der Waals surface area contributed by atoms with Gasteiger partial charge in [0.2, 0.25) is 0 Å². The lowest BCUT2D eigenvalue weighted by Crippen LogP contribution is -2.13. The summed E-state index contributed by atoms with van der Waals surface area (Å²) < 4.78 is 13.6. The minimum Gasteiger partial charge on any atom is -0.478 e. The van der Waals surface area contributed by atoms with E-state index in [4.69, 9.17) is 5.11 Å². The number of anilines is 1. The number of nitrogens with zero attached hydrogens (tertiary/aromatic N) is 1. The van der Waals surface area contributed by atoms with Crippen molar-refractivity contribution in [3.05, 3.63) is 58.1 Å². The van der Waals surface area contributed by atoms with Crippen molar-refractivity contribution in [2.24, 2.45) is 0 Å². The zero-order valence-corrected chi connectivity index (χ0v) is 11.5. The fourth-order valence-corrected chi connectivity index (χ4v) is 1.92. The normalized spacial score (nSPS) is 10.1. The molecule has 0 bridgehead atoms.